The third-order valence-corrected chi connectivity index (χ3v) is 15.1. The van der Waals surface area contributed by atoms with Crippen molar-refractivity contribution in [3.05, 3.63) is 55.6 Å². The zero-order valence-electron chi connectivity index (χ0n) is 28.5. The standard InChI is InChI=1S/C37H52N2O6/c1-22-11-14-34(5)17-18-36(7)27(31(34)23(22)2)9-10-29-35(6)15-13-30(33(3,4)28(35)12-16-37(29,36)8)45-32(40)24-19-25(38(41)42)21-26(20-24)39(43)44/h9,19-23,28-31H,10-18H2,1-8H3/t22-,23+,28+,29-,30+,31-,34-,35-,36-,37-/m1/s1. The number of hydrogen-bond donors (Lipinski definition) is 0. The van der Waals surface area contributed by atoms with Crippen LogP contribution in [-0.4, -0.2) is 21.9 Å². The van der Waals surface area contributed by atoms with Crippen LogP contribution in [0.2, 0.25) is 0 Å². The van der Waals surface area contributed by atoms with Crippen molar-refractivity contribution in [1.82, 2.24) is 0 Å². The Labute approximate surface area is 268 Å². The van der Waals surface area contributed by atoms with E-state index in [1.54, 1.807) is 5.57 Å². The molecule has 10 atom stereocenters. The van der Waals surface area contributed by atoms with Gasteiger partial charge < -0.3 is 4.74 Å². The fraction of sp³-hybridized carbons (Fsp3) is 0.757. The van der Waals surface area contributed by atoms with E-state index in [4.69, 9.17) is 4.74 Å². The Bertz CT molecular complexity index is 1440. The Balaban J connectivity index is 1.29. The lowest BCUT2D eigenvalue weighted by Crippen LogP contribution is -2.65. The topological polar surface area (TPSA) is 113 Å². The first-order valence-corrected chi connectivity index (χ1v) is 17.2. The van der Waals surface area contributed by atoms with Gasteiger partial charge in [-0.25, -0.2) is 4.79 Å². The van der Waals surface area contributed by atoms with Crippen molar-refractivity contribution in [2.24, 2.45) is 56.7 Å². The highest BCUT2D eigenvalue weighted by Crippen LogP contribution is 2.75. The number of fused-ring (bicyclic) bond motifs is 7. The normalized spacial score (nSPS) is 43.4. The first-order chi connectivity index (χ1) is 20.9. The molecular weight excluding hydrogens is 568 g/mol. The molecule has 0 bridgehead atoms. The Morgan fingerprint density at radius 2 is 1.47 bits per heavy atom. The van der Waals surface area contributed by atoms with Crippen LogP contribution in [0.4, 0.5) is 11.4 Å². The molecule has 0 aromatic heterocycles. The second-order valence-corrected chi connectivity index (χ2v) is 17.3. The number of carbonyl (C=O) groups excluding carboxylic acids is 1. The molecule has 8 heteroatoms. The summed E-state index contributed by atoms with van der Waals surface area (Å²) in [5.74, 6) is 2.28. The van der Waals surface area contributed by atoms with E-state index in [1.165, 1.54) is 25.7 Å². The minimum Gasteiger partial charge on any atom is -0.458 e. The highest BCUT2D eigenvalue weighted by atomic mass is 16.6. The minimum absolute atomic E-state index is 0.0843. The Morgan fingerprint density at radius 1 is 0.822 bits per heavy atom. The fourth-order valence-corrected chi connectivity index (χ4v) is 12.2. The van der Waals surface area contributed by atoms with E-state index < -0.39 is 27.2 Å². The van der Waals surface area contributed by atoms with Gasteiger partial charge in [0.05, 0.1) is 21.5 Å². The molecule has 0 N–H and O–H groups in total. The number of esters is 1. The second kappa shape index (κ2) is 10.4. The van der Waals surface area contributed by atoms with E-state index in [0.717, 1.165) is 49.8 Å². The van der Waals surface area contributed by atoms with E-state index in [0.29, 0.717) is 35.5 Å². The van der Waals surface area contributed by atoms with Crippen molar-refractivity contribution in [2.75, 3.05) is 0 Å². The fourth-order valence-electron chi connectivity index (χ4n) is 12.2. The number of ether oxygens (including phenoxy) is 1. The zero-order chi connectivity index (χ0) is 32.9. The molecule has 4 saturated carbocycles. The summed E-state index contributed by atoms with van der Waals surface area (Å²) < 4.78 is 6.12. The number of rotatable bonds is 4. The molecule has 0 unspecified atom stereocenters. The van der Waals surface area contributed by atoms with E-state index in [-0.39, 0.29) is 33.3 Å². The third kappa shape index (κ3) is 4.54. The first kappa shape index (κ1) is 32.2. The molecule has 6 rings (SSSR count). The van der Waals surface area contributed by atoms with Gasteiger partial charge in [0.25, 0.3) is 11.4 Å². The van der Waals surface area contributed by atoms with Crippen molar-refractivity contribution >= 4 is 17.3 Å². The van der Waals surface area contributed by atoms with Crippen LogP contribution in [0.15, 0.2) is 29.8 Å². The monoisotopic (exact) mass is 620 g/mol. The van der Waals surface area contributed by atoms with E-state index in [1.807, 2.05) is 0 Å². The maximum atomic E-state index is 13.4. The smallest absolute Gasteiger partial charge is 0.338 e. The van der Waals surface area contributed by atoms with Crippen molar-refractivity contribution in [1.29, 1.82) is 0 Å². The average molecular weight is 621 g/mol. The number of nitro benzene ring substituents is 2. The van der Waals surface area contributed by atoms with Gasteiger partial charge in [0, 0.05) is 17.5 Å². The van der Waals surface area contributed by atoms with Crippen LogP contribution in [0, 0.1) is 76.9 Å². The van der Waals surface area contributed by atoms with Crippen LogP contribution in [0.1, 0.15) is 124 Å². The molecule has 246 valence electrons. The van der Waals surface area contributed by atoms with E-state index >= 15 is 0 Å². The largest absolute Gasteiger partial charge is 0.458 e. The molecule has 8 nitrogen and oxygen atoms in total. The van der Waals surface area contributed by atoms with Crippen molar-refractivity contribution in [3.63, 3.8) is 0 Å². The Morgan fingerprint density at radius 3 is 2.09 bits per heavy atom. The van der Waals surface area contributed by atoms with Gasteiger partial charge in [-0.1, -0.05) is 67.0 Å². The number of carbonyl (C=O) groups is 1. The lowest BCUT2D eigenvalue weighted by molar-refractivity contribution is -0.394. The molecule has 45 heavy (non-hydrogen) atoms. The van der Waals surface area contributed by atoms with Crippen LogP contribution in [0.25, 0.3) is 0 Å². The van der Waals surface area contributed by atoms with Crippen LogP contribution in [-0.2, 0) is 4.74 Å². The Hall–Kier alpha value is -2.77. The summed E-state index contributed by atoms with van der Waals surface area (Å²) in [6, 6.07) is 3.03. The van der Waals surface area contributed by atoms with Gasteiger partial charge in [-0.15, -0.1) is 0 Å². The van der Waals surface area contributed by atoms with Gasteiger partial charge in [0.15, 0.2) is 0 Å². The van der Waals surface area contributed by atoms with Crippen LogP contribution in [0.5, 0.6) is 0 Å². The molecule has 5 aliphatic rings. The van der Waals surface area contributed by atoms with Crippen LogP contribution >= 0.6 is 0 Å². The summed E-state index contributed by atoms with van der Waals surface area (Å²) in [6.45, 7) is 19.7. The molecule has 0 saturated heterocycles. The lowest BCUT2D eigenvalue weighted by atomic mass is 9.33. The average Bonchev–Trinajstić information content (AvgIpc) is 2.97. The molecule has 0 heterocycles. The van der Waals surface area contributed by atoms with Crippen molar-refractivity contribution in [3.8, 4) is 0 Å². The molecule has 1 aromatic rings. The van der Waals surface area contributed by atoms with Gasteiger partial charge in [-0.3, -0.25) is 20.2 Å². The number of benzene rings is 1. The van der Waals surface area contributed by atoms with Crippen LogP contribution < -0.4 is 0 Å². The number of hydrogen-bond acceptors (Lipinski definition) is 6. The maximum Gasteiger partial charge on any atom is 0.338 e. The number of allylic oxidation sites excluding steroid dienone is 2. The summed E-state index contributed by atoms with van der Waals surface area (Å²) >= 11 is 0. The number of nitro groups is 2. The summed E-state index contributed by atoms with van der Waals surface area (Å²) in [4.78, 5) is 34.8. The van der Waals surface area contributed by atoms with E-state index in [2.05, 4.69) is 61.5 Å². The highest BCUT2D eigenvalue weighted by Gasteiger charge is 2.68. The summed E-state index contributed by atoms with van der Waals surface area (Å²) in [5.41, 5.74) is 1.20. The number of nitrogens with zero attached hydrogens (tertiary/aromatic N) is 2. The predicted octanol–water partition coefficient (Wildman–Crippen LogP) is 9.71. The quantitative estimate of drug-likeness (QED) is 0.143. The summed E-state index contributed by atoms with van der Waals surface area (Å²) in [7, 11) is 0. The molecule has 0 aliphatic heterocycles. The minimum atomic E-state index is -0.733. The SMILES string of the molecule is C[C@H]1[C@H](C)CC[C@]2(C)CC[C@]3(C)C(=CC[C@@H]4[C@]5(C)CC[C@H](OC(=O)c6cc([N+](=O)[O-])cc([N+](=O)[O-])c6)C(C)(C)[C@@H]5CC[C@]43C)[C@@H]12. The van der Waals surface area contributed by atoms with Crippen molar-refractivity contribution in [2.45, 2.75) is 119 Å². The first-order valence-electron chi connectivity index (χ1n) is 17.2. The molecule has 0 spiro atoms. The van der Waals surface area contributed by atoms with Gasteiger partial charge in [-0.2, -0.15) is 0 Å². The molecule has 4 fully saturated rings. The van der Waals surface area contributed by atoms with Gasteiger partial charge >= 0.3 is 5.97 Å². The van der Waals surface area contributed by atoms with Crippen molar-refractivity contribution < 1.29 is 19.4 Å². The second-order valence-electron chi connectivity index (χ2n) is 17.3. The maximum absolute atomic E-state index is 13.4. The molecule has 0 radical (unpaired) electrons. The molecule has 5 aliphatic carbocycles. The predicted molar refractivity (Wildman–Crippen MR) is 174 cm³/mol. The zero-order valence-corrected chi connectivity index (χ0v) is 28.5. The number of non-ortho nitro benzene ring substituents is 2. The van der Waals surface area contributed by atoms with Gasteiger partial charge in [0.2, 0.25) is 0 Å². The van der Waals surface area contributed by atoms with E-state index in [9.17, 15) is 25.0 Å². The van der Waals surface area contributed by atoms with Crippen LogP contribution in [0.3, 0.4) is 0 Å². The van der Waals surface area contributed by atoms with Gasteiger partial charge in [-0.05, 0) is 109 Å². The Kier molecular flexibility index (Phi) is 7.41. The third-order valence-electron chi connectivity index (χ3n) is 15.1. The molecule has 1 aromatic carbocycles. The van der Waals surface area contributed by atoms with Gasteiger partial charge in [0.1, 0.15) is 6.10 Å². The molecule has 0 amide bonds. The lowest BCUT2D eigenvalue weighted by Gasteiger charge is -2.71. The summed E-state index contributed by atoms with van der Waals surface area (Å²) in [6.07, 6.45) is 12.6. The molecular formula is C37H52N2O6. The summed E-state index contributed by atoms with van der Waals surface area (Å²) in [5, 5.41) is 22.9. The highest BCUT2D eigenvalue weighted by molar-refractivity contribution is 5.91.